The zero-order valence-electron chi connectivity index (χ0n) is 17.7. The zero-order valence-corrected chi connectivity index (χ0v) is 20.1. The summed E-state index contributed by atoms with van der Waals surface area (Å²) in [6.45, 7) is 2.42. The van der Waals surface area contributed by atoms with Crippen LogP contribution in [0.25, 0.3) is 21.8 Å². The van der Waals surface area contributed by atoms with Crippen LogP contribution >= 0.6 is 11.3 Å². The molecule has 15 heteroatoms. The Morgan fingerprint density at radius 1 is 1.15 bits per heavy atom. The average Bonchev–Trinajstić information content (AvgIpc) is 3.51. The van der Waals surface area contributed by atoms with Gasteiger partial charge in [0, 0.05) is 37.9 Å². The largest absolute Gasteiger partial charge is 0.348 e. The van der Waals surface area contributed by atoms with E-state index in [2.05, 4.69) is 30.5 Å². The number of anilines is 1. The predicted molar refractivity (Wildman–Crippen MR) is 122 cm³/mol. The molecule has 0 radical (unpaired) electrons. The third-order valence-electron chi connectivity index (χ3n) is 5.89. The predicted octanol–water partition coefficient (Wildman–Crippen LogP) is 0.326. The molecule has 3 aromatic rings. The molecule has 0 unspecified atom stereocenters. The minimum atomic E-state index is -4.48. The van der Waals surface area contributed by atoms with Gasteiger partial charge in [-0.1, -0.05) is 17.4 Å². The van der Waals surface area contributed by atoms with E-state index < -0.39 is 30.0 Å². The number of H-pyrrole nitrogens is 1. The molecule has 0 bridgehead atoms. The lowest BCUT2D eigenvalue weighted by atomic mass is 10.1. The number of sulfonamides is 1. The highest BCUT2D eigenvalue weighted by Crippen LogP contribution is 2.43. The Labute approximate surface area is 194 Å². The summed E-state index contributed by atoms with van der Waals surface area (Å²) in [5, 5.41) is 19.4. The number of sulfone groups is 1. The van der Waals surface area contributed by atoms with E-state index in [0.29, 0.717) is 23.5 Å². The lowest BCUT2D eigenvalue weighted by Crippen LogP contribution is -2.52. The standard InChI is InChI=1S/C18H22N8O4S3/c1-25-9-11(10-25)32(27,28)14-5-4-12(13-8-20-18(31-13)26-6-2-3-7-26)15(16(14)33(19,29)30)17-21-23-24-22-17/h4-5,8,11H,2-3,6-7,9-10H2,1H3,(H2,19,29,30)(H,21,22,23,24). The number of tetrazole rings is 1. The average molecular weight is 511 g/mol. The molecule has 1 aromatic carbocycles. The molecule has 0 atom stereocenters. The molecule has 2 saturated heterocycles. The second kappa shape index (κ2) is 8.09. The maximum Gasteiger partial charge on any atom is 0.240 e. The van der Waals surface area contributed by atoms with Crippen molar-refractivity contribution in [2.45, 2.75) is 27.9 Å². The van der Waals surface area contributed by atoms with Crippen LogP contribution in [0.5, 0.6) is 0 Å². The van der Waals surface area contributed by atoms with Crippen LogP contribution in [0.15, 0.2) is 28.1 Å². The van der Waals surface area contributed by atoms with E-state index in [1.807, 2.05) is 4.90 Å². The molecule has 2 aliphatic heterocycles. The molecular weight excluding hydrogens is 488 g/mol. The van der Waals surface area contributed by atoms with E-state index in [9.17, 15) is 16.8 Å². The second-order valence-corrected chi connectivity index (χ2v) is 12.9. The van der Waals surface area contributed by atoms with Gasteiger partial charge in [-0.3, -0.25) is 0 Å². The Morgan fingerprint density at radius 3 is 2.48 bits per heavy atom. The molecule has 2 aliphatic rings. The van der Waals surface area contributed by atoms with Crippen LogP contribution in [0, 0.1) is 0 Å². The van der Waals surface area contributed by atoms with Gasteiger partial charge in [0.15, 0.2) is 15.0 Å². The van der Waals surface area contributed by atoms with E-state index in [4.69, 9.17) is 5.14 Å². The molecule has 12 nitrogen and oxygen atoms in total. The van der Waals surface area contributed by atoms with Gasteiger partial charge in [0.2, 0.25) is 15.8 Å². The first-order valence-electron chi connectivity index (χ1n) is 10.2. The molecule has 2 fully saturated rings. The van der Waals surface area contributed by atoms with Crippen LogP contribution < -0.4 is 10.0 Å². The van der Waals surface area contributed by atoms with Gasteiger partial charge < -0.3 is 9.80 Å². The van der Waals surface area contributed by atoms with Crippen molar-refractivity contribution in [3.8, 4) is 21.8 Å². The summed E-state index contributed by atoms with van der Waals surface area (Å²) in [7, 11) is -6.67. The van der Waals surface area contributed by atoms with Gasteiger partial charge in [-0.15, -0.1) is 10.2 Å². The van der Waals surface area contributed by atoms with Gasteiger partial charge in [-0.2, -0.15) is 5.21 Å². The molecule has 176 valence electrons. The summed E-state index contributed by atoms with van der Waals surface area (Å²) in [5.74, 6) is -0.0621. The van der Waals surface area contributed by atoms with Gasteiger partial charge in [0.1, 0.15) is 4.90 Å². The first-order chi connectivity index (χ1) is 15.7. The third-order valence-corrected chi connectivity index (χ3v) is 10.2. The monoisotopic (exact) mass is 510 g/mol. The highest BCUT2D eigenvalue weighted by Gasteiger charge is 2.41. The maximum absolute atomic E-state index is 13.3. The number of nitrogens with zero attached hydrogens (tertiary/aromatic N) is 6. The summed E-state index contributed by atoms with van der Waals surface area (Å²) in [6.07, 6.45) is 3.81. The van der Waals surface area contributed by atoms with Gasteiger partial charge in [0.25, 0.3) is 0 Å². The maximum atomic E-state index is 13.3. The third kappa shape index (κ3) is 3.93. The van der Waals surface area contributed by atoms with Crippen LogP contribution in [0.2, 0.25) is 0 Å². The number of nitrogens with one attached hydrogen (secondary N) is 1. The van der Waals surface area contributed by atoms with E-state index in [1.54, 1.807) is 19.3 Å². The summed E-state index contributed by atoms with van der Waals surface area (Å²) < 4.78 is 52.3. The lowest BCUT2D eigenvalue weighted by Gasteiger charge is -2.35. The van der Waals surface area contributed by atoms with Crippen LogP contribution in [0.1, 0.15) is 12.8 Å². The highest BCUT2D eigenvalue weighted by atomic mass is 32.2. The fourth-order valence-corrected chi connectivity index (χ4v) is 8.64. The van der Waals surface area contributed by atoms with Crippen molar-refractivity contribution < 1.29 is 16.8 Å². The first-order valence-corrected chi connectivity index (χ1v) is 14.1. The van der Waals surface area contributed by atoms with Crippen molar-refractivity contribution in [1.82, 2.24) is 30.5 Å². The summed E-state index contributed by atoms with van der Waals surface area (Å²) in [5.41, 5.74) is 0.421. The quantitative estimate of drug-likeness (QED) is 0.471. The Hall–Kier alpha value is -2.46. The highest BCUT2D eigenvalue weighted by molar-refractivity contribution is 7.94. The molecular formula is C18H22N8O4S3. The minimum absolute atomic E-state index is 0.00312. The van der Waals surface area contributed by atoms with Crippen molar-refractivity contribution in [1.29, 1.82) is 0 Å². The van der Waals surface area contributed by atoms with Gasteiger partial charge in [0.05, 0.1) is 20.6 Å². The smallest absolute Gasteiger partial charge is 0.240 e. The summed E-state index contributed by atoms with van der Waals surface area (Å²) in [6, 6.07) is 2.87. The number of aromatic nitrogens is 5. The van der Waals surface area contributed by atoms with E-state index in [1.165, 1.54) is 17.4 Å². The van der Waals surface area contributed by atoms with Crippen LogP contribution in [-0.2, 0) is 19.9 Å². The van der Waals surface area contributed by atoms with E-state index >= 15 is 0 Å². The number of rotatable bonds is 6. The number of primary sulfonamides is 1. The Morgan fingerprint density at radius 2 is 1.88 bits per heavy atom. The number of nitrogens with two attached hydrogens (primary N) is 1. The van der Waals surface area contributed by atoms with Gasteiger partial charge in [-0.05, 0) is 31.2 Å². The number of likely N-dealkylation sites (tertiary alicyclic amines) is 1. The molecule has 0 amide bonds. The van der Waals surface area contributed by atoms with E-state index in [-0.39, 0.29) is 16.3 Å². The molecule has 2 aromatic heterocycles. The van der Waals surface area contributed by atoms with Crippen LogP contribution in [-0.4, -0.2) is 85.8 Å². The number of thiazole rings is 1. The topological polar surface area (TPSA) is 168 Å². The number of hydrogen-bond acceptors (Lipinski definition) is 11. The van der Waals surface area contributed by atoms with Crippen LogP contribution in [0.4, 0.5) is 5.13 Å². The molecule has 5 rings (SSSR count). The number of hydrogen-bond donors (Lipinski definition) is 2. The van der Waals surface area contributed by atoms with Gasteiger partial charge >= 0.3 is 0 Å². The Kier molecular flexibility index (Phi) is 5.48. The Balaban J connectivity index is 1.73. The fraction of sp³-hybridized carbons (Fsp3) is 0.444. The first kappa shape index (κ1) is 22.3. The van der Waals surface area contributed by atoms with Crippen molar-refractivity contribution >= 4 is 36.3 Å². The number of aromatic amines is 1. The summed E-state index contributed by atoms with van der Waals surface area (Å²) in [4.78, 5) is 8.27. The second-order valence-electron chi connectivity index (χ2n) is 8.19. The van der Waals surface area contributed by atoms with Crippen molar-refractivity contribution in [2.75, 3.05) is 38.1 Å². The van der Waals surface area contributed by atoms with Crippen molar-refractivity contribution in [3.05, 3.63) is 18.3 Å². The molecule has 0 spiro atoms. The molecule has 33 heavy (non-hydrogen) atoms. The van der Waals surface area contributed by atoms with Crippen molar-refractivity contribution in [3.63, 3.8) is 0 Å². The normalized spacial score (nSPS) is 18.1. The summed E-state index contributed by atoms with van der Waals surface area (Å²) >= 11 is 1.39. The minimum Gasteiger partial charge on any atom is -0.348 e. The zero-order chi connectivity index (χ0) is 23.4. The molecule has 3 N–H and O–H groups in total. The SMILES string of the molecule is CN1CC(S(=O)(=O)c2ccc(-c3cnc(N4CCCC4)s3)c(-c3nn[nH]n3)c2S(N)(=O)=O)C1. The van der Waals surface area contributed by atoms with E-state index in [0.717, 1.165) is 31.1 Å². The fourth-order valence-electron chi connectivity index (χ4n) is 4.23. The van der Waals surface area contributed by atoms with Gasteiger partial charge in [-0.25, -0.2) is 27.0 Å². The molecule has 4 heterocycles. The van der Waals surface area contributed by atoms with Crippen molar-refractivity contribution in [2.24, 2.45) is 5.14 Å². The lowest BCUT2D eigenvalue weighted by molar-refractivity contribution is 0.231. The Bertz CT molecular complexity index is 1390. The van der Waals surface area contributed by atoms with Crippen LogP contribution in [0.3, 0.4) is 0 Å². The number of benzene rings is 1. The molecule has 0 saturated carbocycles. The molecule has 0 aliphatic carbocycles.